The molecular formula is C19H20N2O3. The zero-order chi connectivity index (χ0) is 16.4. The molecule has 0 saturated carbocycles. The van der Waals surface area contributed by atoms with Crippen LogP contribution in [-0.4, -0.2) is 30.7 Å². The Morgan fingerprint density at radius 1 is 1.04 bits per heavy atom. The van der Waals surface area contributed by atoms with Crippen LogP contribution in [-0.2, 0) is 0 Å². The Balaban J connectivity index is 1.53. The van der Waals surface area contributed by atoms with Crippen LogP contribution in [0.1, 0.15) is 24.4 Å². The highest BCUT2D eigenvalue weighted by Gasteiger charge is 2.31. The Kier molecular flexibility index (Phi) is 3.99. The van der Waals surface area contributed by atoms with Gasteiger partial charge in [0.25, 0.3) is 0 Å². The molecule has 5 heteroatoms. The van der Waals surface area contributed by atoms with Gasteiger partial charge in [-0.15, -0.1) is 0 Å². The normalized spacial score (nSPS) is 19.2. The van der Waals surface area contributed by atoms with Gasteiger partial charge >= 0.3 is 6.03 Å². The second-order valence-corrected chi connectivity index (χ2v) is 6.05. The molecule has 4 rings (SSSR count). The molecule has 2 aliphatic heterocycles. The highest BCUT2D eigenvalue weighted by Crippen LogP contribution is 2.38. The van der Waals surface area contributed by atoms with Gasteiger partial charge in [-0.25, -0.2) is 4.79 Å². The van der Waals surface area contributed by atoms with Gasteiger partial charge in [-0.2, -0.15) is 0 Å². The maximum absolute atomic E-state index is 12.6. The van der Waals surface area contributed by atoms with E-state index in [9.17, 15) is 4.79 Å². The Hall–Kier alpha value is -2.69. The summed E-state index contributed by atoms with van der Waals surface area (Å²) in [5, 5.41) is 2.98. The first-order valence-electron chi connectivity index (χ1n) is 8.33. The van der Waals surface area contributed by atoms with Crippen LogP contribution < -0.4 is 14.8 Å². The first-order valence-corrected chi connectivity index (χ1v) is 8.33. The first-order chi connectivity index (χ1) is 11.8. The van der Waals surface area contributed by atoms with Crippen LogP contribution >= 0.6 is 0 Å². The van der Waals surface area contributed by atoms with Gasteiger partial charge in [-0.05, 0) is 42.7 Å². The summed E-state index contributed by atoms with van der Waals surface area (Å²) >= 11 is 0. The summed E-state index contributed by atoms with van der Waals surface area (Å²) in [4.78, 5) is 14.5. The fourth-order valence-electron chi connectivity index (χ4n) is 3.34. The number of anilines is 1. The number of carbonyl (C=O) groups excluding carboxylic acids is 1. The van der Waals surface area contributed by atoms with Crippen molar-refractivity contribution < 1.29 is 14.3 Å². The summed E-state index contributed by atoms with van der Waals surface area (Å²) in [6.45, 7) is 1.92. The topological polar surface area (TPSA) is 50.8 Å². The minimum absolute atomic E-state index is 0.0569. The molecule has 2 aliphatic rings. The Morgan fingerprint density at radius 3 is 2.67 bits per heavy atom. The lowest BCUT2D eigenvalue weighted by atomic mass is 10.0. The van der Waals surface area contributed by atoms with E-state index < -0.39 is 0 Å². The lowest BCUT2D eigenvalue weighted by Gasteiger charge is -2.27. The van der Waals surface area contributed by atoms with Crippen molar-refractivity contribution in [2.45, 2.75) is 18.9 Å². The quantitative estimate of drug-likeness (QED) is 0.913. The van der Waals surface area contributed by atoms with Crippen LogP contribution in [0.5, 0.6) is 11.5 Å². The molecule has 1 saturated heterocycles. The molecule has 0 spiro atoms. The number of likely N-dealkylation sites (tertiary alicyclic amines) is 1. The molecular weight excluding hydrogens is 304 g/mol. The minimum atomic E-state index is -0.0569. The third-order valence-corrected chi connectivity index (χ3v) is 4.49. The molecule has 0 aromatic heterocycles. The number of rotatable bonds is 2. The Morgan fingerprint density at radius 2 is 1.83 bits per heavy atom. The predicted octanol–water partition coefficient (Wildman–Crippen LogP) is 3.83. The van der Waals surface area contributed by atoms with Crippen LogP contribution in [0.4, 0.5) is 10.5 Å². The molecule has 0 radical (unpaired) electrons. The number of urea groups is 1. The van der Waals surface area contributed by atoms with Gasteiger partial charge in [0.15, 0.2) is 11.5 Å². The van der Waals surface area contributed by atoms with Crippen molar-refractivity contribution in [3.8, 4) is 11.5 Å². The molecule has 1 atom stereocenters. The van der Waals surface area contributed by atoms with Crippen molar-refractivity contribution in [3.05, 3.63) is 54.1 Å². The van der Waals surface area contributed by atoms with Gasteiger partial charge in [-0.1, -0.05) is 24.3 Å². The van der Waals surface area contributed by atoms with Crippen LogP contribution in [0.25, 0.3) is 0 Å². The molecule has 0 bridgehead atoms. The monoisotopic (exact) mass is 324 g/mol. The summed E-state index contributed by atoms with van der Waals surface area (Å²) in [6, 6.07) is 15.6. The summed E-state index contributed by atoms with van der Waals surface area (Å²) < 4.78 is 11.2. The van der Waals surface area contributed by atoms with E-state index in [1.165, 1.54) is 0 Å². The number of hydrogen-bond donors (Lipinski definition) is 1. The molecule has 1 N–H and O–H groups in total. The number of benzene rings is 2. The number of amides is 2. The third kappa shape index (κ3) is 2.89. The number of nitrogens with one attached hydrogen (secondary N) is 1. The fourth-order valence-corrected chi connectivity index (χ4v) is 3.34. The van der Waals surface area contributed by atoms with Gasteiger partial charge in [-0.3, -0.25) is 0 Å². The zero-order valence-electron chi connectivity index (χ0n) is 13.4. The van der Waals surface area contributed by atoms with Gasteiger partial charge in [0.2, 0.25) is 0 Å². The van der Waals surface area contributed by atoms with E-state index in [1.54, 1.807) is 0 Å². The molecule has 124 valence electrons. The average Bonchev–Trinajstić information content (AvgIpc) is 3.12. The van der Waals surface area contributed by atoms with Crippen molar-refractivity contribution in [2.75, 3.05) is 25.1 Å². The van der Waals surface area contributed by atoms with Gasteiger partial charge < -0.3 is 19.7 Å². The molecule has 24 heavy (non-hydrogen) atoms. The van der Waals surface area contributed by atoms with E-state index in [4.69, 9.17) is 9.47 Å². The van der Waals surface area contributed by atoms with Crippen molar-refractivity contribution in [3.63, 3.8) is 0 Å². The molecule has 0 unspecified atom stereocenters. The maximum Gasteiger partial charge on any atom is 0.322 e. The van der Waals surface area contributed by atoms with E-state index in [1.807, 2.05) is 53.4 Å². The molecule has 2 heterocycles. The summed E-state index contributed by atoms with van der Waals surface area (Å²) in [7, 11) is 0. The summed E-state index contributed by atoms with van der Waals surface area (Å²) in [5.74, 6) is 1.55. The number of hydrogen-bond acceptors (Lipinski definition) is 3. The SMILES string of the molecule is O=C(Nc1ccccc1)N1CCC[C@@H]1c1ccc2c(c1)OCCO2. The van der Waals surface area contributed by atoms with E-state index in [0.717, 1.165) is 42.1 Å². The van der Waals surface area contributed by atoms with E-state index in [0.29, 0.717) is 13.2 Å². The lowest BCUT2D eigenvalue weighted by molar-refractivity contribution is 0.170. The second-order valence-electron chi connectivity index (χ2n) is 6.05. The standard InChI is InChI=1S/C19H20N2O3/c22-19(20-15-5-2-1-3-6-15)21-10-4-7-16(21)14-8-9-17-18(13-14)24-12-11-23-17/h1-3,5-6,8-9,13,16H,4,7,10-12H2,(H,20,22)/t16-/m1/s1. The fraction of sp³-hybridized carbons (Fsp3) is 0.316. The number of carbonyl (C=O) groups is 1. The first kappa shape index (κ1) is 14.9. The van der Waals surface area contributed by atoms with Crippen molar-refractivity contribution in [2.24, 2.45) is 0 Å². The lowest BCUT2D eigenvalue weighted by Crippen LogP contribution is -2.34. The highest BCUT2D eigenvalue weighted by molar-refractivity contribution is 5.89. The smallest absolute Gasteiger partial charge is 0.322 e. The number of ether oxygens (including phenoxy) is 2. The van der Waals surface area contributed by atoms with Crippen molar-refractivity contribution in [1.82, 2.24) is 4.90 Å². The van der Waals surface area contributed by atoms with Crippen LogP contribution in [0.2, 0.25) is 0 Å². The van der Waals surface area contributed by atoms with Gasteiger partial charge in [0, 0.05) is 12.2 Å². The summed E-state index contributed by atoms with van der Waals surface area (Å²) in [6.07, 6.45) is 1.96. The molecule has 1 fully saturated rings. The average molecular weight is 324 g/mol. The van der Waals surface area contributed by atoms with Crippen molar-refractivity contribution >= 4 is 11.7 Å². The van der Waals surface area contributed by atoms with Crippen LogP contribution in [0.15, 0.2) is 48.5 Å². The van der Waals surface area contributed by atoms with Gasteiger partial charge in [0.05, 0.1) is 6.04 Å². The van der Waals surface area contributed by atoms with E-state index in [-0.39, 0.29) is 12.1 Å². The Labute approximate surface area is 141 Å². The molecule has 2 aromatic carbocycles. The molecule has 5 nitrogen and oxygen atoms in total. The highest BCUT2D eigenvalue weighted by atomic mass is 16.6. The predicted molar refractivity (Wildman–Crippen MR) is 91.6 cm³/mol. The zero-order valence-corrected chi connectivity index (χ0v) is 13.4. The van der Waals surface area contributed by atoms with Crippen LogP contribution in [0.3, 0.4) is 0 Å². The van der Waals surface area contributed by atoms with E-state index >= 15 is 0 Å². The van der Waals surface area contributed by atoms with Crippen molar-refractivity contribution in [1.29, 1.82) is 0 Å². The van der Waals surface area contributed by atoms with E-state index in [2.05, 4.69) is 5.32 Å². The Bertz CT molecular complexity index is 733. The molecule has 2 aromatic rings. The van der Waals surface area contributed by atoms with Crippen LogP contribution in [0, 0.1) is 0 Å². The maximum atomic E-state index is 12.6. The second kappa shape index (κ2) is 6.43. The molecule has 2 amide bonds. The number of para-hydroxylation sites is 1. The third-order valence-electron chi connectivity index (χ3n) is 4.49. The largest absolute Gasteiger partial charge is 0.486 e. The summed E-state index contributed by atoms with van der Waals surface area (Å²) in [5.41, 5.74) is 1.91. The number of fused-ring (bicyclic) bond motifs is 1. The van der Waals surface area contributed by atoms with Gasteiger partial charge in [0.1, 0.15) is 13.2 Å². The molecule has 0 aliphatic carbocycles. The minimum Gasteiger partial charge on any atom is -0.486 e. The number of nitrogens with zero attached hydrogens (tertiary/aromatic N) is 1.